The number of aromatic nitrogens is 1. The molecule has 0 radical (unpaired) electrons. The van der Waals surface area contributed by atoms with Gasteiger partial charge in [-0.3, -0.25) is 9.78 Å². The molecule has 0 unspecified atom stereocenters. The van der Waals surface area contributed by atoms with Crippen LogP contribution in [0.1, 0.15) is 36.9 Å². The Balaban J connectivity index is 1.14. The molecular weight excluding hydrogens is 430 g/mol. The molecule has 1 fully saturated rings. The fourth-order valence-corrected chi connectivity index (χ4v) is 4.34. The van der Waals surface area contributed by atoms with E-state index in [9.17, 15) is 4.79 Å². The third kappa shape index (κ3) is 6.68. The second-order valence-corrected chi connectivity index (χ2v) is 8.75. The van der Waals surface area contributed by atoms with Gasteiger partial charge in [-0.2, -0.15) is 0 Å². The minimum Gasteiger partial charge on any atom is -0.490 e. The van der Waals surface area contributed by atoms with Crippen molar-refractivity contribution in [2.45, 2.75) is 51.4 Å². The smallest absolute Gasteiger partial charge is 0.246 e. The Morgan fingerprint density at radius 1 is 1.03 bits per heavy atom. The van der Waals surface area contributed by atoms with Crippen LogP contribution < -0.4 is 15.8 Å². The molecule has 0 bridgehead atoms. The Hall–Kier alpha value is -3.16. The van der Waals surface area contributed by atoms with Crippen LogP contribution in [0, 0.1) is 6.92 Å². The van der Waals surface area contributed by atoms with Gasteiger partial charge in [-0.05, 0) is 56.4 Å². The van der Waals surface area contributed by atoms with Crippen molar-refractivity contribution >= 4 is 22.5 Å². The number of ether oxygens (including phenoxy) is 3. The predicted octanol–water partition coefficient (Wildman–Crippen LogP) is 4.17. The van der Waals surface area contributed by atoms with E-state index < -0.39 is 0 Å². The lowest BCUT2D eigenvalue weighted by Crippen LogP contribution is -2.41. The first-order chi connectivity index (χ1) is 16.6. The first-order valence-corrected chi connectivity index (χ1v) is 11.9. The number of rotatable bonds is 10. The molecule has 1 saturated carbocycles. The number of amides is 1. The Bertz CT molecular complexity index is 1080. The Morgan fingerprint density at radius 2 is 1.79 bits per heavy atom. The van der Waals surface area contributed by atoms with Crippen LogP contribution in [0.5, 0.6) is 5.75 Å². The molecule has 3 N–H and O–H groups in total. The lowest BCUT2D eigenvalue weighted by atomic mass is 9.93. The number of hydrogen-bond donors (Lipinski definition) is 2. The summed E-state index contributed by atoms with van der Waals surface area (Å²) >= 11 is 0. The Morgan fingerprint density at radius 3 is 2.59 bits per heavy atom. The molecule has 3 aromatic rings. The number of carbonyl (C=O) groups excluding carboxylic acids is 1. The van der Waals surface area contributed by atoms with E-state index in [1.165, 1.54) is 0 Å². The fourth-order valence-electron chi connectivity index (χ4n) is 4.34. The van der Waals surface area contributed by atoms with E-state index in [0.717, 1.165) is 53.6 Å². The summed E-state index contributed by atoms with van der Waals surface area (Å²) < 4.78 is 17.3. The average molecular weight is 464 g/mol. The highest BCUT2D eigenvalue weighted by Gasteiger charge is 2.24. The summed E-state index contributed by atoms with van der Waals surface area (Å²) in [6.07, 6.45) is 3.57. The standard InChI is InChI=1S/C27H33N3O4/c1-19-16-23(28)27-24(29-19)8-5-9-25(27)34-22-12-10-21(11-13-22)30-26(31)18-33-15-14-32-17-20-6-3-2-4-7-20/h2-9,16,21-22H,10-15,17-18H2,1H3,(H2,28,29)(H,30,31). The molecule has 7 heteroatoms. The number of nitrogens with two attached hydrogens (primary N) is 1. The quantitative estimate of drug-likeness (QED) is 0.438. The van der Waals surface area contributed by atoms with Gasteiger partial charge < -0.3 is 25.3 Å². The molecule has 34 heavy (non-hydrogen) atoms. The molecule has 0 atom stereocenters. The number of anilines is 1. The van der Waals surface area contributed by atoms with Gasteiger partial charge in [0.15, 0.2) is 0 Å². The van der Waals surface area contributed by atoms with Gasteiger partial charge in [0.1, 0.15) is 12.4 Å². The van der Waals surface area contributed by atoms with Crippen LogP contribution in [0.15, 0.2) is 54.6 Å². The van der Waals surface area contributed by atoms with Gasteiger partial charge in [0.2, 0.25) is 5.91 Å². The zero-order chi connectivity index (χ0) is 23.8. The Labute approximate surface area is 200 Å². The number of nitrogens with zero attached hydrogens (tertiary/aromatic N) is 1. The van der Waals surface area contributed by atoms with Crippen LogP contribution in [-0.2, 0) is 20.9 Å². The molecule has 2 aromatic carbocycles. The first-order valence-electron chi connectivity index (χ1n) is 11.9. The summed E-state index contributed by atoms with van der Waals surface area (Å²) in [4.78, 5) is 16.8. The molecule has 7 nitrogen and oxygen atoms in total. The van der Waals surface area contributed by atoms with Crippen molar-refractivity contribution in [1.29, 1.82) is 0 Å². The van der Waals surface area contributed by atoms with Gasteiger partial charge in [-0.15, -0.1) is 0 Å². The number of carbonyl (C=O) groups is 1. The van der Waals surface area contributed by atoms with Crippen molar-refractivity contribution in [2.75, 3.05) is 25.6 Å². The monoisotopic (exact) mass is 463 g/mol. The topological polar surface area (TPSA) is 95.7 Å². The lowest BCUT2D eigenvalue weighted by Gasteiger charge is -2.30. The third-order valence-corrected chi connectivity index (χ3v) is 6.00. The highest BCUT2D eigenvalue weighted by molar-refractivity contribution is 5.95. The molecule has 0 spiro atoms. The molecule has 1 aliphatic rings. The zero-order valence-electron chi connectivity index (χ0n) is 19.7. The van der Waals surface area contributed by atoms with E-state index in [1.54, 1.807) is 0 Å². The number of nitrogens with one attached hydrogen (secondary N) is 1. The van der Waals surface area contributed by atoms with Crippen LogP contribution in [0.4, 0.5) is 5.69 Å². The highest BCUT2D eigenvalue weighted by atomic mass is 16.5. The van der Waals surface area contributed by atoms with Gasteiger partial charge >= 0.3 is 0 Å². The maximum absolute atomic E-state index is 12.2. The van der Waals surface area contributed by atoms with E-state index in [0.29, 0.717) is 25.5 Å². The van der Waals surface area contributed by atoms with Crippen LogP contribution in [0.25, 0.3) is 10.9 Å². The van der Waals surface area contributed by atoms with Crippen molar-refractivity contribution in [2.24, 2.45) is 0 Å². The molecular formula is C27H33N3O4. The van der Waals surface area contributed by atoms with E-state index in [1.807, 2.05) is 61.5 Å². The number of fused-ring (bicyclic) bond motifs is 1. The van der Waals surface area contributed by atoms with Crippen LogP contribution in [0.2, 0.25) is 0 Å². The summed E-state index contributed by atoms with van der Waals surface area (Å²) in [5, 5.41) is 3.94. The van der Waals surface area contributed by atoms with E-state index >= 15 is 0 Å². The summed E-state index contributed by atoms with van der Waals surface area (Å²) in [6.45, 7) is 3.38. The maximum atomic E-state index is 12.2. The fraction of sp³-hybridized carbons (Fsp3) is 0.407. The van der Waals surface area contributed by atoms with Crippen molar-refractivity contribution < 1.29 is 19.0 Å². The Kier molecular flexibility index (Phi) is 8.33. The summed E-state index contributed by atoms with van der Waals surface area (Å²) in [5.74, 6) is 0.688. The van der Waals surface area contributed by atoms with Gasteiger partial charge in [0.25, 0.3) is 0 Å². The van der Waals surface area contributed by atoms with E-state index in [4.69, 9.17) is 19.9 Å². The second kappa shape index (κ2) is 11.8. The van der Waals surface area contributed by atoms with Gasteiger partial charge in [-0.25, -0.2) is 0 Å². The first kappa shape index (κ1) is 24.0. The zero-order valence-corrected chi connectivity index (χ0v) is 19.7. The minimum atomic E-state index is -0.0873. The SMILES string of the molecule is Cc1cc(N)c2c(OC3CCC(NC(=O)COCCOCc4ccccc4)CC3)cccc2n1. The molecule has 4 rings (SSSR count). The van der Waals surface area contributed by atoms with Crippen molar-refractivity contribution in [3.63, 3.8) is 0 Å². The van der Waals surface area contributed by atoms with Crippen molar-refractivity contribution in [3.8, 4) is 5.75 Å². The summed E-state index contributed by atoms with van der Waals surface area (Å²) in [5.41, 5.74) is 9.79. The van der Waals surface area contributed by atoms with Crippen LogP contribution in [0.3, 0.4) is 0 Å². The summed E-state index contributed by atoms with van der Waals surface area (Å²) in [7, 11) is 0. The van der Waals surface area contributed by atoms with Gasteiger partial charge in [-0.1, -0.05) is 36.4 Å². The lowest BCUT2D eigenvalue weighted by molar-refractivity contribution is -0.127. The normalized spacial score (nSPS) is 18.0. The molecule has 0 aliphatic heterocycles. The molecule has 1 heterocycles. The molecule has 1 amide bonds. The summed E-state index contributed by atoms with van der Waals surface area (Å²) in [6, 6.07) is 17.8. The largest absolute Gasteiger partial charge is 0.490 e. The van der Waals surface area contributed by atoms with Crippen LogP contribution in [-0.4, -0.2) is 42.9 Å². The molecule has 0 saturated heterocycles. The second-order valence-electron chi connectivity index (χ2n) is 8.75. The number of aryl methyl sites for hydroxylation is 1. The van der Waals surface area contributed by atoms with Gasteiger partial charge in [0.05, 0.1) is 36.8 Å². The molecule has 180 valence electrons. The van der Waals surface area contributed by atoms with E-state index in [2.05, 4.69) is 10.3 Å². The van der Waals surface area contributed by atoms with Crippen LogP contribution >= 0.6 is 0 Å². The minimum absolute atomic E-state index is 0.0484. The average Bonchev–Trinajstić information content (AvgIpc) is 2.83. The van der Waals surface area contributed by atoms with E-state index in [-0.39, 0.29) is 24.7 Å². The number of hydrogen-bond acceptors (Lipinski definition) is 6. The number of nitrogen functional groups attached to an aromatic ring is 1. The molecule has 1 aliphatic carbocycles. The number of benzene rings is 2. The predicted molar refractivity (Wildman–Crippen MR) is 133 cm³/mol. The third-order valence-electron chi connectivity index (χ3n) is 6.00. The van der Waals surface area contributed by atoms with Gasteiger partial charge in [0, 0.05) is 17.4 Å². The van der Waals surface area contributed by atoms with Crippen molar-refractivity contribution in [3.05, 3.63) is 65.9 Å². The number of pyridine rings is 1. The maximum Gasteiger partial charge on any atom is 0.246 e. The molecule has 1 aromatic heterocycles. The van der Waals surface area contributed by atoms with Crippen molar-refractivity contribution in [1.82, 2.24) is 10.3 Å². The highest BCUT2D eigenvalue weighted by Crippen LogP contribution is 2.33.